The summed E-state index contributed by atoms with van der Waals surface area (Å²) in [5.41, 5.74) is 1.94. The van der Waals surface area contributed by atoms with Crippen LogP contribution in [0.3, 0.4) is 0 Å². The molecule has 48 heavy (non-hydrogen) atoms. The van der Waals surface area contributed by atoms with Crippen molar-refractivity contribution in [2.45, 2.75) is 0 Å². The molecule has 0 unspecified atom stereocenters. The number of morpholine rings is 1. The van der Waals surface area contributed by atoms with E-state index in [0.29, 0.717) is 36.8 Å². The van der Waals surface area contributed by atoms with Gasteiger partial charge in [0, 0.05) is 77.4 Å². The maximum atomic E-state index is 13.1. The highest BCUT2D eigenvalue weighted by Gasteiger charge is 2.20. The highest BCUT2D eigenvalue weighted by atomic mass is 16.5. The standard InChI is InChI=1S/C33H36N10O5/c1-40-20-24(15-26(40)31(45)34-8-9-43-10-12-48-13-11-43)37-33(47)28-17-29(39-42(28)3)38-32(46)27-16-23(19-41(27)2)36-30(44)25-14-21-6-4-5-7-22(21)18-35-25/h4-7,14-20H,8-13H2,1-3H3,(H,34,45)(H,36,44)(H,37,47)(H,38,39,46). The fourth-order valence-corrected chi connectivity index (χ4v) is 5.48. The van der Waals surface area contributed by atoms with Crippen molar-refractivity contribution in [3.05, 3.63) is 89.9 Å². The number of nitrogens with zero attached hydrogens (tertiary/aromatic N) is 6. The number of anilines is 3. The van der Waals surface area contributed by atoms with E-state index in [2.05, 4.69) is 36.2 Å². The Labute approximate surface area is 275 Å². The molecule has 0 atom stereocenters. The molecular weight excluding hydrogens is 616 g/mol. The van der Waals surface area contributed by atoms with Gasteiger partial charge in [-0.15, -0.1) is 0 Å². The lowest BCUT2D eigenvalue weighted by atomic mass is 10.1. The minimum Gasteiger partial charge on any atom is -0.379 e. The van der Waals surface area contributed by atoms with Crippen LogP contribution in [0.25, 0.3) is 10.8 Å². The molecule has 1 saturated heterocycles. The van der Waals surface area contributed by atoms with Crippen molar-refractivity contribution in [2.24, 2.45) is 21.1 Å². The van der Waals surface area contributed by atoms with Gasteiger partial charge in [0.15, 0.2) is 5.82 Å². The van der Waals surface area contributed by atoms with Gasteiger partial charge in [0.1, 0.15) is 22.8 Å². The number of aromatic nitrogens is 5. The van der Waals surface area contributed by atoms with E-state index in [1.807, 2.05) is 24.3 Å². The number of hydrogen-bond acceptors (Lipinski definition) is 8. The second kappa shape index (κ2) is 13.9. The van der Waals surface area contributed by atoms with Crippen LogP contribution in [0.4, 0.5) is 17.2 Å². The summed E-state index contributed by atoms with van der Waals surface area (Å²) in [5.74, 6) is -1.45. The third-order valence-electron chi connectivity index (χ3n) is 8.03. The first-order valence-corrected chi connectivity index (χ1v) is 15.4. The van der Waals surface area contributed by atoms with Crippen LogP contribution < -0.4 is 21.3 Å². The van der Waals surface area contributed by atoms with Crippen LogP contribution in [0.15, 0.2) is 67.1 Å². The van der Waals surface area contributed by atoms with Crippen molar-refractivity contribution in [3.63, 3.8) is 0 Å². The van der Waals surface area contributed by atoms with E-state index in [1.54, 1.807) is 61.0 Å². The lowest BCUT2D eigenvalue weighted by molar-refractivity contribution is 0.0383. The van der Waals surface area contributed by atoms with Gasteiger partial charge in [-0.05, 0) is 23.6 Å². The first-order chi connectivity index (χ1) is 23.1. The summed E-state index contributed by atoms with van der Waals surface area (Å²) in [6.45, 7) is 4.30. The summed E-state index contributed by atoms with van der Waals surface area (Å²) in [4.78, 5) is 58.4. The quantitative estimate of drug-likeness (QED) is 0.178. The molecular formula is C33H36N10O5. The predicted octanol–water partition coefficient (Wildman–Crippen LogP) is 2.46. The molecule has 0 bridgehead atoms. The van der Waals surface area contributed by atoms with Gasteiger partial charge >= 0.3 is 0 Å². The zero-order chi connectivity index (χ0) is 33.8. The summed E-state index contributed by atoms with van der Waals surface area (Å²) in [5, 5.41) is 17.3. The molecule has 1 fully saturated rings. The van der Waals surface area contributed by atoms with E-state index in [-0.39, 0.29) is 28.8 Å². The minimum absolute atomic E-state index is 0.160. The van der Waals surface area contributed by atoms with Crippen molar-refractivity contribution in [1.82, 2.24) is 34.1 Å². The number of benzene rings is 1. The predicted molar refractivity (Wildman–Crippen MR) is 179 cm³/mol. The van der Waals surface area contributed by atoms with Gasteiger partial charge in [-0.1, -0.05) is 24.3 Å². The maximum absolute atomic E-state index is 13.1. The van der Waals surface area contributed by atoms with E-state index in [0.717, 1.165) is 30.4 Å². The molecule has 4 N–H and O–H groups in total. The summed E-state index contributed by atoms with van der Waals surface area (Å²) >= 11 is 0. The molecule has 0 saturated carbocycles. The number of pyridine rings is 1. The smallest absolute Gasteiger partial charge is 0.274 e. The lowest BCUT2D eigenvalue weighted by Crippen LogP contribution is -2.41. The molecule has 4 aromatic heterocycles. The zero-order valence-corrected chi connectivity index (χ0v) is 26.8. The Morgan fingerprint density at radius 2 is 1.38 bits per heavy atom. The highest BCUT2D eigenvalue weighted by Crippen LogP contribution is 2.19. The topological polar surface area (TPSA) is 169 Å². The Hall–Kier alpha value is -5.80. The lowest BCUT2D eigenvalue weighted by Gasteiger charge is -2.26. The van der Waals surface area contributed by atoms with Gasteiger partial charge in [-0.25, -0.2) is 0 Å². The van der Waals surface area contributed by atoms with Crippen LogP contribution in [-0.2, 0) is 25.9 Å². The van der Waals surface area contributed by atoms with Gasteiger partial charge in [0.05, 0.1) is 24.6 Å². The maximum Gasteiger partial charge on any atom is 0.274 e. The van der Waals surface area contributed by atoms with E-state index in [4.69, 9.17) is 4.74 Å². The second-order valence-corrected chi connectivity index (χ2v) is 11.5. The average molecular weight is 653 g/mol. The van der Waals surface area contributed by atoms with Crippen molar-refractivity contribution >= 4 is 51.6 Å². The fourth-order valence-electron chi connectivity index (χ4n) is 5.48. The number of amides is 4. The summed E-state index contributed by atoms with van der Waals surface area (Å²) in [7, 11) is 4.99. The molecule has 248 valence electrons. The van der Waals surface area contributed by atoms with Gasteiger partial charge in [-0.2, -0.15) is 5.10 Å². The molecule has 0 spiro atoms. The van der Waals surface area contributed by atoms with Crippen molar-refractivity contribution in [2.75, 3.05) is 55.3 Å². The fraction of sp³-hybridized carbons (Fsp3) is 0.273. The van der Waals surface area contributed by atoms with Gasteiger partial charge < -0.3 is 35.1 Å². The monoisotopic (exact) mass is 652 g/mol. The van der Waals surface area contributed by atoms with Gasteiger partial charge in [0.2, 0.25) is 0 Å². The van der Waals surface area contributed by atoms with Gasteiger partial charge in [0.25, 0.3) is 23.6 Å². The van der Waals surface area contributed by atoms with E-state index >= 15 is 0 Å². The van der Waals surface area contributed by atoms with Crippen LogP contribution in [0.5, 0.6) is 0 Å². The normalized spacial score (nSPS) is 13.3. The minimum atomic E-state index is -0.487. The van der Waals surface area contributed by atoms with Crippen molar-refractivity contribution < 1.29 is 23.9 Å². The molecule has 6 rings (SSSR count). The SMILES string of the molecule is Cn1cc(NC(=O)c2cc(NC(=O)c3cc(NC(=O)c4cc5ccccc5cn4)cn3C)nn2C)cc1C(=O)NCCN1CCOCC1. The molecule has 4 amide bonds. The second-order valence-electron chi connectivity index (χ2n) is 11.5. The van der Waals surface area contributed by atoms with Crippen LogP contribution in [-0.4, -0.2) is 91.8 Å². The first kappa shape index (κ1) is 32.2. The zero-order valence-electron chi connectivity index (χ0n) is 26.8. The molecule has 5 heterocycles. The third-order valence-corrected chi connectivity index (χ3v) is 8.03. The summed E-state index contributed by atoms with van der Waals surface area (Å²) in [6, 6.07) is 13.9. The Morgan fingerprint density at radius 3 is 2.08 bits per heavy atom. The molecule has 0 radical (unpaired) electrons. The highest BCUT2D eigenvalue weighted by molar-refractivity contribution is 6.08. The Kier molecular flexibility index (Phi) is 9.31. The van der Waals surface area contributed by atoms with Crippen LogP contribution in [0.1, 0.15) is 42.0 Å². The van der Waals surface area contributed by atoms with Crippen molar-refractivity contribution in [3.8, 4) is 0 Å². The molecule has 1 aliphatic rings. The van der Waals surface area contributed by atoms with E-state index in [9.17, 15) is 19.2 Å². The Morgan fingerprint density at radius 1 is 0.750 bits per heavy atom. The number of nitrogens with one attached hydrogen (secondary N) is 4. The third kappa shape index (κ3) is 7.27. The van der Waals surface area contributed by atoms with Crippen LogP contribution >= 0.6 is 0 Å². The molecule has 0 aliphatic carbocycles. The van der Waals surface area contributed by atoms with Crippen molar-refractivity contribution in [1.29, 1.82) is 0 Å². The largest absolute Gasteiger partial charge is 0.379 e. The average Bonchev–Trinajstić information content (AvgIpc) is 3.76. The number of rotatable bonds is 10. The van der Waals surface area contributed by atoms with Crippen LogP contribution in [0, 0.1) is 0 Å². The number of carbonyl (C=O) groups excluding carboxylic acids is 4. The Balaban J connectivity index is 1.05. The molecule has 5 aromatic rings. The number of hydrogen-bond donors (Lipinski definition) is 4. The van der Waals surface area contributed by atoms with E-state index < -0.39 is 17.7 Å². The molecule has 1 aromatic carbocycles. The number of fused-ring (bicyclic) bond motifs is 1. The van der Waals surface area contributed by atoms with Gasteiger partial charge in [-0.3, -0.25) is 33.7 Å². The number of aryl methyl sites for hydroxylation is 3. The number of carbonyl (C=O) groups is 4. The first-order valence-electron chi connectivity index (χ1n) is 15.4. The number of ether oxygens (including phenoxy) is 1. The Bertz CT molecular complexity index is 2000. The van der Waals surface area contributed by atoms with E-state index in [1.165, 1.54) is 16.8 Å². The molecule has 1 aliphatic heterocycles. The summed E-state index contributed by atoms with van der Waals surface area (Å²) < 4.78 is 9.91. The summed E-state index contributed by atoms with van der Waals surface area (Å²) in [6.07, 6.45) is 4.90. The molecule has 15 heteroatoms. The molecule has 15 nitrogen and oxygen atoms in total. The van der Waals surface area contributed by atoms with Crippen LogP contribution in [0.2, 0.25) is 0 Å².